The van der Waals surface area contributed by atoms with Crippen molar-refractivity contribution in [1.82, 2.24) is 0 Å². The van der Waals surface area contributed by atoms with E-state index in [4.69, 9.17) is 9.47 Å². The second kappa shape index (κ2) is 4.15. The highest BCUT2D eigenvalue weighted by Crippen LogP contribution is 2.36. The summed E-state index contributed by atoms with van der Waals surface area (Å²) in [7, 11) is 1.74. The third kappa shape index (κ3) is 2.07. The van der Waals surface area contributed by atoms with E-state index in [9.17, 15) is 4.79 Å². The molecular weight excluding hydrogens is 216 g/mol. The monoisotopic (exact) mass is 232 g/mol. The fraction of sp³-hybridized carbons (Fsp3) is 0.500. The van der Waals surface area contributed by atoms with Crippen LogP contribution in [0.15, 0.2) is 18.2 Å². The number of ether oxygens (including phenoxy) is 2. The van der Waals surface area contributed by atoms with Crippen molar-refractivity contribution < 1.29 is 14.3 Å². The van der Waals surface area contributed by atoms with E-state index in [0.29, 0.717) is 5.75 Å². The molecular formula is C14H16O3. The van der Waals surface area contributed by atoms with Gasteiger partial charge >= 0.3 is 5.97 Å². The molecule has 1 aromatic rings. The van der Waals surface area contributed by atoms with Crippen molar-refractivity contribution in [3.63, 3.8) is 0 Å². The minimum atomic E-state index is -0.0776. The first kappa shape index (κ1) is 10.8. The third-order valence-electron chi connectivity index (χ3n) is 3.55. The largest absolute Gasteiger partial charge is 0.426 e. The highest BCUT2D eigenvalue weighted by atomic mass is 16.5. The molecule has 90 valence electrons. The van der Waals surface area contributed by atoms with Gasteiger partial charge in [0.05, 0.1) is 12.0 Å². The van der Waals surface area contributed by atoms with Crippen LogP contribution in [0.3, 0.4) is 0 Å². The normalized spacial score (nSPS) is 22.3. The molecule has 0 aromatic heterocycles. The van der Waals surface area contributed by atoms with Crippen molar-refractivity contribution in [2.75, 3.05) is 7.11 Å². The molecule has 0 saturated heterocycles. The van der Waals surface area contributed by atoms with Gasteiger partial charge in [-0.05, 0) is 48.9 Å². The van der Waals surface area contributed by atoms with Crippen LogP contribution in [0.1, 0.15) is 36.5 Å². The first-order chi connectivity index (χ1) is 8.28. The van der Waals surface area contributed by atoms with Crippen LogP contribution in [0.5, 0.6) is 5.75 Å². The molecule has 2 aliphatic rings. The zero-order chi connectivity index (χ0) is 11.8. The second-order valence-corrected chi connectivity index (χ2v) is 4.82. The molecule has 17 heavy (non-hydrogen) atoms. The van der Waals surface area contributed by atoms with Crippen LogP contribution in [-0.4, -0.2) is 13.1 Å². The average Bonchev–Trinajstić information content (AvgIpc) is 3.10. The molecule has 1 fully saturated rings. The maximum atomic E-state index is 11.5. The lowest BCUT2D eigenvalue weighted by Gasteiger charge is -2.10. The van der Waals surface area contributed by atoms with Crippen LogP contribution in [0, 0.1) is 5.92 Å². The summed E-state index contributed by atoms with van der Waals surface area (Å²) in [6.45, 7) is 0. The summed E-state index contributed by atoms with van der Waals surface area (Å²) >= 11 is 0. The zero-order valence-electron chi connectivity index (χ0n) is 9.94. The second-order valence-electron chi connectivity index (χ2n) is 4.82. The Bertz CT molecular complexity index is 449. The highest BCUT2D eigenvalue weighted by Gasteiger charge is 2.32. The molecule has 1 saturated carbocycles. The highest BCUT2D eigenvalue weighted by molar-refractivity contribution is 5.77. The molecule has 0 bridgehead atoms. The Balaban J connectivity index is 1.77. The fourth-order valence-electron chi connectivity index (χ4n) is 2.38. The molecule has 0 N–H and O–H groups in total. The topological polar surface area (TPSA) is 35.5 Å². The predicted molar refractivity (Wildman–Crippen MR) is 62.9 cm³/mol. The lowest BCUT2D eigenvalue weighted by molar-refractivity contribution is -0.135. The number of benzene rings is 1. The SMILES string of the molecule is COC1CCc2cc(OC(=O)C3CC3)ccc21. The smallest absolute Gasteiger partial charge is 0.314 e. The lowest BCUT2D eigenvalue weighted by Crippen LogP contribution is -2.09. The number of rotatable bonds is 3. The van der Waals surface area contributed by atoms with E-state index in [0.717, 1.165) is 25.7 Å². The Labute approximate surface area is 101 Å². The number of methoxy groups -OCH3 is 1. The van der Waals surface area contributed by atoms with E-state index in [2.05, 4.69) is 0 Å². The van der Waals surface area contributed by atoms with Gasteiger partial charge in [-0.3, -0.25) is 4.79 Å². The molecule has 3 nitrogen and oxygen atoms in total. The maximum absolute atomic E-state index is 11.5. The van der Waals surface area contributed by atoms with E-state index >= 15 is 0 Å². The van der Waals surface area contributed by atoms with Gasteiger partial charge in [0.1, 0.15) is 5.75 Å². The van der Waals surface area contributed by atoms with E-state index in [1.807, 2.05) is 18.2 Å². The fourth-order valence-corrected chi connectivity index (χ4v) is 2.38. The number of esters is 1. The van der Waals surface area contributed by atoms with Gasteiger partial charge in [0, 0.05) is 7.11 Å². The number of aryl methyl sites for hydroxylation is 1. The molecule has 3 heteroatoms. The van der Waals surface area contributed by atoms with E-state index in [1.54, 1.807) is 7.11 Å². The van der Waals surface area contributed by atoms with Crippen LogP contribution in [0.2, 0.25) is 0 Å². The van der Waals surface area contributed by atoms with Crippen molar-refractivity contribution in [2.45, 2.75) is 31.8 Å². The van der Waals surface area contributed by atoms with Gasteiger partial charge in [0.25, 0.3) is 0 Å². The van der Waals surface area contributed by atoms with Crippen molar-refractivity contribution in [3.05, 3.63) is 29.3 Å². The molecule has 0 radical (unpaired) electrons. The Morgan fingerprint density at radius 2 is 2.12 bits per heavy atom. The van der Waals surface area contributed by atoms with Crippen molar-refractivity contribution in [2.24, 2.45) is 5.92 Å². The number of fused-ring (bicyclic) bond motifs is 1. The number of hydrogen-bond acceptors (Lipinski definition) is 3. The van der Waals surface area contributed by atoms with E-state index < -0.39 is 0 Å². The van der Waals surface area contributed by atoms with Crippen LogP contribution < -0.4 is 4.74 Å². The molecule has 2 aliphatic carbocycles. The van der Waals surface area contributed by atoms with E-state index in [-0.39, 0.29) is 18.0 Å². The molecule has 1 atom stereocenters. The first-order valence-electron chi connectivity index (χ1n) is 6.15. The molecule has 0 spiro atoms. The van der Waals surface area contributed by atoms with Crippen molar-refractivity contribution >= 4 is 5.97 Å². The standard InChI is InChI=1S/C14H16O3/c1-16-13-7-4-10-8-11(5-6-12(10)13)17-14(15)9-2-3-9/h5-6,8-9,13H,2-4,7H2,1H3. The molecule has 1 unspecified atom stereocenters. The van der Waals surface area contributed by atoms with Crippen LogP contribution >= 0.6 is 0 Å². The number of hydrogen-bond donors (Lipinski definition) is 0. The molecule has 0 heterocycles. The summed E-state index contributed by atoms with van der Waals surface area (Å²) in [6, 6.07) is 5.87. The third-order valence-corrected chi connectivity index (χ3v) is 3.55. The van der Waals surface area contributed by atoms with Gasteiger partial charge in [-0.1, -0.05) is 6.07 Å². The van der Waals surface area contributed by atoms with Crippen molar-refractivity contribution in [1.29, 1.82) is 0 Å². The van der Waals surface area contributed by atoms with Crippen LogP contribution in [0.25, 0.3) is 0 Å². The summed E-state index contributed by atoms with van der Waals surface area (Å²) in [6.07, 6.45) is 4.19. The summed E-state index contributed by atoms with van der Waals surface area (Å²) in [4.78, 5) is 11.5. The predicted octanol–water partition coefficient (Wildman–Crippen LogP) is 2.64. The minimum absolute atomic E-state index is 0.0776. The molecule has 1 aromatic carbocycles. The van der Waals surface area contributed by atoms with Crippen LogP contribution in [0.4, 0.5) is 0 Å². The number of carbonyl (C=O) groups is 1. The Morgan fingerprint density at radius 3 is 2.82 bits per heavy atom. The summed E-state index contributed by atoms with van der Waals surface area (Å²) < 4.78 is 10.8. The Hall–Kier alpha value is -1.35. The lowest BCUT2D eigenvalue weighted by atomic mass is 10.1. The first-order valence-corrected chi connectivity index (χ1v) is 6.15. The van der Waals surface area contributed by atoms with Crippen molar-refractivity contribution in [3.8, 4) is 5.75 Å². The minimum Gasteiger partial charge on any atom is -0.426 e. The quantitative estimate of drug-likeness (QED) is 0.593. The zero-order valence-corrected chi connectivity index (χ0v) is 9.94. The molecule has 0 aliphatic heterocycles. The Kier molecular flexibility index (Phi) is 2.63. The van der Waals surface area contributed by atoms with Gasteiger partial charge < -0.3 is 9.47 Å². The van der Waals surface area contributed by atoms with Gasteiger partial charge in [-0.2, -0.15) is 0 Å². The van der Waals surface area contributed by atoms with Gasteiger partial charge in [-0.15, -0.1) is 0 Å². The number of carbonyl (C=O) groups excluding carboxylic acids is 1. The van der Waals surface area contributed by atoms with Gasteiger partial charge in [0.2, 0.25) is 0 Å². The van der Waals surface area contributed by atoms with Gasteiger partial charge in [-0.25, -0.2) is 0 Å². The van der Waals surface area contributed by atoms with Gasteiger partial charge in [0.15, 0.2) is 0 Å². The molecule has 3 rings (SSSR count). The summed E-state index contributed by atoms with van der Waals surface area (Å²) in [5.41, 5.74) is 2.48. The van der Waals surface area contributed by atoms with Crippen LogP contribution in [-0.2, 0) is 16.0 Å². The Morgan fingerprint density at radius 1 is 1.29 bits per heavy atom. The average molecular weight is 232 g/mol. The summed E-state index contributed by atoms with van der Waals surface area (Å²) in [5.74, 6) is 0.749. The summed E-state index contributed by atoms with van der Waals surface area (Å²) in [5, 5.41) is 0. The maximum Gasteiger partial charge on any atom is 0.314 e. The molecule has 0 amide bonds. The van der Waals surface area contributed by atoms with E-state index in [1.165, 1.54) is 11.1 Å².